The molecule has 1 unspecified atom stereocenters. The maximum atomic E-state index is 11.7. The first-order valence-electron chi connectivity index (χ1n) is 6.02. The number of aromatic nitrogens is 1. The standard InChI is InChI=1S/C13H16N2O2S/c1-9-7-11-10-5-3-4-6-12(10)14-13(11)8-15(9)18(2,16)17/h3-6,9,14H,7-8H2,1-2H3. The molecule has 1 aliphatic rings. The van der Waals surface area contributed by atoms with Gasteiger partial charge in [-0.3, -0.25) is 0 Å². The molecule has 5 heteroatoms. The monoisotopic (exact) mass is 264 g/mol. The van der Waals surface area contributed by atoms with Gasteiger partial charge in [-0.25, -0.2) is 8.42 Å². The minimum Gasteiger partial charge on any atom is -0.357 e. The first kappa shape index (κ1) is 11.7. The first-order chi connectivity index (χ1) is 8.47. The molecule has 1 aromatic heterocycles. The number of hydrogen-bond acceptors (Lipinski definition) is 2. The van der Waals surface area contributed by atoms with E-state index >= 15 is 0 Å². The van der Waals surface area contributed by atoms with Crippen LogP contribution < -0.4 is 0 Å². The highest BCUT2D eigenvalue weighted by Crippen LogP contribution is 2.30. The van der Waals surface area contributed by atoms with Gasteiger partial charge < -0.3 is 4.98 Å². The Hall–Kier alpha value is -1.33. The van der Waals surface area contributed by atoms with Crippen LogP contribution in [0.15, 0.2) is 24.3 Å². The molecule has 2 heterocycles. The number of benzene rings is 1. The lowest BCUT2D eigenvalue weighted by molar-refractivity contribution is 0.310. The van der Waals surface area contributed by atoms with E-state index < -0.39 is 10.0 Å². The van der Waals surface area contributed by atoms with E-state index in [0.717, 1.165) is 17.6 Å². The normalized spacial score (nSPS) is 21.1. The van der Waals surface area contributed by atoms with Gasteiger partial charge in [-0.05, 0) is 25.0 Å². The van der Waals surface area contributed by atoms with Crippen molar-refractivity contribution >= 4 is 20.9 Å². The van der Waals surface area contributed by atoms with Crippen molar-refractivity contribution in [3.8, 4) is 0 Å². The topological polar surface area (TPSA) is 53.2 Å². The fourth-order valence-corrected chi connectivity index (χ4v) is 3.87. The van der Waals surface area contributed by atoms with E-state index in [1.807, 2.05) is 25.1 Å². The highest BCUT2D eigenvalue weighted by atomic mass is 32.2. The predicted octanol–water partition coefficient (Wildman–Crippen LogP) is 1.87. The molecule has 0 aliphatic carbocycles. The van der Waals surface area contributed by atoms with Gasteiger partial charge in [0.15, 0.2) is 0 Å². The fraction of sp³-hybridized carbons (Fsp3) is 0.385. The number of aromatic amines is 1. The lowest BCUT2D eigenvalue weighted by Gasteiger charge is -2.31. The Morgan fingerprint density at radius 2 is 2.06 bits per heavy atom. The van der Waals surface area contributed by atoms with E-state index in [1.54, 1.807) is 4.31 Å². The first-order valence-corrected chi connectivity index (χ1v) is 7.87. The zero-order valence-electron chi connectivity index (χ0n) is 10.5. The average Bonchev–Trinajstić information content (AvgIpc) is 2.65. The lowest BCUT2D eigenvalue weighted by Crippen LogP contribution is -2.41. The van der Waals surface area contributed by atoms with E-state index in [-0.39, 0.29) is 6.04 Å². The van der Waals surface area contributed by atoms with Crippen LogP contribution >= 0.6 is 0 Å². The van der Waals surface area contributed by atoms with Gasteiger partial charge in [0.1, 0.15) is 0 Å². The van der Waals surface area contributed by atoms with E-state index in [4.69, 9.17) is 0 Å². The van der Waals surface area contributed by atoms with Crippen molar-refractivity contribution in [2.45, 2.75) is 25.9 Å². The van der Waals surface area contributed by atoms with Gasteiger partial charge in [-0.15, -0.1) is 0 Å². The average molecular weight is 264 g/mol. The van der Waals surface area contributed by atoms with Gasteiger partial charge >= 0.3 is 0 Å². The van der Waals surface area contributed by atoms with Gasteiger partial charge in [0.25, 0.3) is 0 Å². The Balaban J connectivity index is 2.13. The molecular weight excluding hydrogens is 248 g/mol. The van der Waals surface area contributed by atoms with Crippen molar-refractivity contribution < 1.29 is 8.42 Å². The number of nitrogens with one attached hydrogen (secondary N) is 1. The number of fused-ring (bicyclic) bond motifs is 3. The molecule has 1 atom stereocenters. The summed E-state index contributed by atoms with van der Waals surface area (Å²) in [6.07, 6.45) is 2.05. The lowest BCUT2D eigenvalue weighted by atomic mass is 10.00. The van der Waals surface area contributed by atoms with E-state index in [0.29, 0.717) is 6.54 Å². The second-order valence-corrected chi connectivity index (χ2v) is 6.92. The molecule has 1 N–H and O–H groups in total. The number of hydrogen-bond donors (Lipinski definition) is 1. The third kappa shape index (κ3) is 1.74. The van der Waals surface area contributed by atoms with Crippen LogP contribution in [0.4, 0.5) is 0 Å². The summed E-state index contributed by atoms with van der Waals surface area (Å²) >= 11 is 0. The van der Waals surface area contributed by atoms with Gasteiger partial charge in [-0.2, -0.15) is 4.31 Å². The summed E-state index contributed by atoms with van der Waals surface area (Å²) in [7, 11) is -3.14. The highest BCUT2D eigenvalue weighted by Gasteiger charge is 2.31. The van der Waals surface area contributed by atoms with E-state index in [1.165, 1.54) is 17.2 Å². The quantitative estimate of drug-likeness (QED) is 0.855. The van der Waals surface area contributed by atoms with Crippen molar-refractivity contribution in [3.63, 3.8) is 0 Å². The summed E-state index contributed by atoms with van der Waals surface area (Å²) < 4.78 is 25.0. The van der Waals surface area contributed by atoms with Gasteiger partial charge in [0.05, 0.1) is 12.8 Å². The Kier molecular flexibility index (Phi) is 2.50. The number of sulfonamides is 1. The molecule has 2 aromatic rings. The minimum absolute atomic E-state index is 0.0201. The van der Waals surface area contributed by atoms with Crippen LogP contribution in [-0.2, 0) is 23.0 Å². The maximum Gasteiger partial charge on any atom is 0.211 e. The molecule has 3 rings (SSSR count). The van der Waals surface area contributed by atoms with Crippen LogP contribution in [0, 0.1) is 0 Å². The van der Waals surface area contributed by atoms with Crippen LogP contribution in [0.3, 0.4) is 0 Å². The van der Waals surface area contributed by atoms with Crippen LogP contribution in [0.2, 0.25) is 0 Å². The van der Waals surface area contributed by atoms with Crippen molar-refractivity contribution in [1.82, 2.24) is 9.29 Å². The summed E-state index contributed by atoms with van der Waals surface area (Å²) in [5.74, 6) is 0. The van der Waals surface area contributed by atoms with Crippen molar-refractivity contribution in [3.05, 3.63) is 35.5 Å². The van der Waals surface area contributed by atoms with Crippen LogP contribution in [0.25, 0.3) is 10.9 Å². The molecule has 0 saturated carbocycles. The van der Waals surface area contributed by atoms with Crippen molar-refractivity contribution in [1.29, 1.82) is 0 Å². The second-order valence-electron chi connectivity index (χ2n) is 4.99. The molecule has 0 spiro atoms. The number of rotatable bonds is 1. The molecule has 4 nitrogen and oxygen atoms in total. The highest BCUT2D eigenvalue weighted by molar-refractivity contribution is 7.88. The predicted molar refractivity (Wildman–Crippen MR) is 71.9 cm³/mol. The summed E-state index contributed by atoms with van der Waals surface area (Å²) in [4.78, 5) is 3.33. The van der Waals surface area contributed by atoms with Gasteiger partial charge in [-0.1, -0.05) is 18.2 Å². The second kappa shape index (κ2) is 3.83. The number of nitrogens with zero attached hydrogens (tertiary/aromatic N) is 1. The molecule has 0 saturated heterocycles. The molecule has 96 valence electrons. The Labute approximate surface area is 107 Å². The Morgan fingerprint density at radius 1 is 1.33 bits per heavy atom. The fourth-order valence-electron chi connectivity index (χ4n) is 2.78. The maximum absolute atomic E-state index is 11.7. The number of H-pyrrole nitrogens is 1. The third-order valence-corrected chi connectivity index (χ3v) is 4.97. The van der Waals surface area contributed by atoms with Gasteiger partial charge in [0.2, 0.25) is 10.0 Å². The molecule has 1 aliphatic heterocycles. The molecule has 18 heavy (non-hydrogen) atoms. The molecular formula is C13H16N2O2S. The summed E-state index contributed by atoms with van der Waals surface area (Å²) in [5, 5.41) is 1.22. The molecule has 0 amide bonds. The Bertz CT molecular complexity index is 703. The van der Waals surface area contributed by atoms with Crippen molar-refractivity contribution in [2.75, 3.05) is 6.26 Å². The Morgan fingerprint density at radius 3 is 2.78 bits per heavy atom. The van der Waals surface area contributed by atoms with Gasteiger partial charge in [0, 0.05) is 22.6 Å². The zero-order valence-corrected chi connectivity index (χ0v) is 11.3. The molecule has 1 aromatic carbocycles. The molecule has 0 fully saturated rings. The van der Waals surface area contributed by atoms with Crippen LogP contribution in [0.1, 0.15) is 18.2 Å². The smallest absolute Gasteiger partial charge is 0.211 e. The largest absolute Gasteiger partial charge is 0.357 e. The van der Waals surface area contributed by atoms with Crippen LogP contribution in [0.5, 0.6) is 0 Å². The number of para-hydroxylation sites is 1. The molecule has 0 radical (unpaired) electrons. The van der Waals surface area contributed by atoms with Crippen LogP contribution in [-0.4, -0.2) is 30.0 Å². The molecule has 0 bridgehead atoms. The third-order valence-electron chi connectivity index (χ3n) is 3.63. The van der Waals surface area contributed by atoms with E-state index in [2.05, 4.69) is 11.1 Å². The minimum atomic E-state index is -3.14. The zero-order chi connectivity index (χ0) is 12.9. The van der Waals surface area contributed by atoms with E-state index in [9.17, 15) is 8.42 Å². The summed E-state index contributed by atoms with van der Waals surface area (Å²) in [6, 6.07) is 8.15. The SMILES string of the molecule is CC1Cc2c([nH]c3ccccc23)CN1S(C)(=O)=O. The van der Waals surface area contributed by atoms with Crippen molar-refractivity contribution in [2.24, 2.45) is 0 Å². The summed E-state index contributed by atoms with van der Waals surface area (Å²) in [6.45, 7) is 2.41. The summed E-state index contributed by atoms with van der Waals surface area (Å²) in [5.41, 5.74) is 3.38.